The number of amides is 2. The fourth-order valence-corrected chi connectivity index (χ4v) is 5.36. The summed E-state index contributed by atoms with van der Waals surface area (Å²) in [5, 5.41) is 6.15. The van der Waals surface area contributed by atoms with E-state index >= 15 is 4.39 Å². The Kier molecular flexibility index (Phi) is 8.86. The smallest absolute Gasteiger partial charge is 0.412 e. The number of halogens is 1. The maximum Gasteiger partial charge on any atom is 0.412 e. The normalized spacial score (nSPS) is 18.6. The number of carbonyl (C=O) groups excluding carboxylic acids is 2. The van der Waals surface area contributed by atoms with Crippen molar-refractivity contribution in [3.8, 4) is 11.1 Å². The molecular formula is C29H36FN5O6S. The van der Waals surface area contributed by atoms with Crippen LogP contribution in [0.4, 0.5) is 20.7 Å². The third kappa shape index (κ3) is 7.58. The van der Waals surface area contributed by atoms with Crippen molar-refractivity contribution in [1.82, 2.24) is 14.9 Å². The molecule has 13 heteroatoms. The summed E-state index contributed by atoms with van der Waals surface area (Å²) in [4.78, 5) is 36.3. The summed E-state index contributed by atoms with van der Waals surface area (Å²) in [5.74, 6) is -1.63. The SMILES string of the molecule is Cc1ccncc1-c1cc2cc(NC(=O)C3C(COS(C)(=O)=O)C3CN(C)C)ncc2c(NC(=O)OC(C)(C)C)c1F. The second kappa shape index (κ2) is 11.9. The van der Waals surface area contributed by atoms with Crippen LogP contribution in [0.25, 0.3) is 21.9 Å². The Hall–Kier alpha value is -3.68. The molecule has 4 rings (SSSR count). The molecule has 2 heterocycles. The zero-order chi connectivity index (χ0) is 31.0. The second-order valence-corrected chi connectivity index (χ2v) is 13.5. The van der Waals surface area contributed by atoms with Gasteiger partial charge in [0.05, 0.1) is 18.6 Å². The highest BCUT2D eigenvalue weighted by molar-refractivity contribution is 7.85. The molecule has 0 bridgehead atoms. The molecule has 0 aliphatic heterocycles. The van der Waals surface area contributed by atoms with E-state index in [-0.39, 0.29) is 41.4 Å². The number of hydrogen-bond donors (Lipinski definition) is 2. The van der Waals surface area contributed by atoms with Crippen LogP contribution in [0.1, 0.15) is 26.3 Å². The van der Waals surface area contributed by atoms with Crippen molar-refractivity contribution in [2.24, 2.45) is 17.8 Å². The van der Waals surface area contributed by atoms with Gasteiger partial charge in [-0.3, -0.25) is 19.3 Å². The second-order valence-electron chi connectivity index (χ2n) is 11.8. The van der Waals surface area contributed by atoms with Crippen LogP contribution >= 0.6 is 0 Å². The van der Waals surface area contributed by atoms with Crippen molar-refractivity contribution >= 4 is 44.4 Å². The van der Waals surface area contributed by atoms with E-state index in [1.165, 1.54) is 12.4 Å². The summed E-state index contributed by atoms with van der Waals surface area (Å²) in [6.07, 6.45) is 4.65. The number of carbonyl (C=O) groups is 2. The Morgan fingerprint density at radius 2 is 1.81 bits per heavy atom. The first-order valence-electron chi connectivity index (χ1n) is 13.4. The fourth-order valence-electron chi connectivity index (χ4n) is 4.95. The van der Waals surface area contributed by atoms with Crippen LogP contribution in [0, 0.1) is 30.5 Å². The predicted octanol–water partition coefficient (Wildman–Crippen LogP) is 4.43. The first kappa shape index (κ1) is 31.3. The number of nitrogens with zero attached hydrogens (tertiary/aromatic N) is 3. The molecule has 2 N–H and O–H groups in total. The van der Waals surface area contributed by atoms with E-state index in [1.54, 1.807) is 45.2 Å². The monoisotopic (exact) mass is 601 g/mol. The summed E-state index contributed by atoms with van der Waals surface area (Å²) in [7, 11) is 0.0908. The molecule has 226 valence electrons. The Bertz CT molecular complexity index is 1620. The number of fused-ring (bicyclic) bond motifs is 1. The lowest BCUT2D eigenvalue weighted by molar-refractivity contribution is -0.118. The number of aromatic nitrogens is 2. The van der Waals surface area contributed by atoms with E-state index in [4.69, 9.17) is 8.92 Å². The summed E-state index contributed by atoms with van der Waals surface area (Å²) < 4.78 is 49.3. The van der Waals surface area contributed by atoms with Crippen molar-refractivity contribution in [1.29, 1.82) is 0 Å². The number of hydrogen-bond acceptors (Lipinski definition) is 9. The zero-order valence-electron chi connectivity index (χ0n) is 24.7. The summed E-state index contributed by atoms with van der Waals surface area (Å²) in [6.45, 7) is 7.42. The van der Waals surface area contributed by atoms with Crippen LogP contribution in [0.5, 0.6) is 0 Å². The minimum absolute atomic E-state index is 0.0899. The van der Waals surface area contributed by atoms with Gasteiger partial charge >= 0.3 is 6.09 Å². The van der Waals surface area contributed by atoms with E-state index < -0.39 is 33.5 Å². The minimum atomic E-state index is -3.65. The maximum absolute atomic E-state index is 16.0. The molecule has 3 aromatic rings. The van der Waals surface area contributed by atoms with Gasteiger partial charge in [0.25, 0.3) is 10.1 Å². The zero-order valence-corrected chi connectivity index (χ0v) is 25.5. The number of ether oxygens (including phenoxy) is 1. The molecule has 0 spiro atoms. The summed E-state index contributed by atoms with van der Waals surface area (Å²) >= 11 is 0. The highest BCUT2D eigenvalue weighted by Gasteiger charge is 2.55. The minimum Gasteiger partial charge on any atom is -0.444 e. The lowest BCUT2D eigenvalue weighted by Crippen LogP contribution is -2.27. The predicted molar refractivity (Wildman–Crippen MR) is 158 cm³/mol. The van der Waals surface area contributed by atoms with Gasteiger partial charge in [-0.1, -0.05) is 0 Å². The maximum atomic E-state index is 16.0. The Balaban J connectivity index is 1.68. The number of nitrogens with one attached hydrogen (secondary N) is 2. The van der Waals surface area contributed by atoms with Gasteiger partial charge in [-0.2, -0.15) is 8.42 Å². The molecule has 1 aliphatic carbocycles. The third-order valence-electron chi connectivity index (χ3n) is 6.85. The molecule has 1 aliphatic rings. The van der Waals surface area contributed by atoms with Crippen LogP contribution in [0.15, 0.2) is 36.8 Å². The molecule has 0 saturated heterocycles. The molecule has 1 fully saturated rings. The number of aryl methyl sites for hydroxylation is 1. The Morgan fingerprint density at radius 1 is 1.10 bits per heavy atom. The largest absolute Gasteiger partial charge is 0.444 e. The third-order valence-corrected chi connectivity index (χ3v) is 7.42. The van der Waals surface area contributed by atoms with Crippen LogP contribution in [0.3, 0.4) is 0 Å². The molecule has 1 saturated carbocycles. The van der Waals surface area contributed by atoms with Gasteiger partial charge in [-0.15, -0.1) is 0 Å². The van der Waals surface area contributed by atoms with Gasteiger partial charge in [-0.05, 0) is 76.9 Å². The first-order valence-corrected chi connectivity index (χ1v) is 15.2. The molecule has 42 heavy (non-hydrogen) atoms. The van der Waals surface area contributed by atoms with Gasteiger partial charge in [0.15, 0.2) is 5.82 Å². The molecule has 2 amide bonds. The average Bonchev–Trinajstić information content (AvgIpc) is 3.54. The van der Waals surface area contributed by atoms with E-state index in [9.17, 15) is 18.0 Å². The Morgan fingerprint density at radius 3 is 2.43 bits per heavy atom. The lowest BCUT2D eigenvalue weighted by atomic mass is 9.98. The van der Waals surface area contributed by atoms with E-state index in [2.05, 4.69) is 20.6 Å². The average molecular weight is 602 g/mol. The Labute approximate surface area is 244 Å². The van der Waals surface area contributed by atoms with Crippen molar-refractivity contribution in [3.05, 3.63) is 48.2 Å². The van der Waals surface area contributed by atoms with Crippen LogP contribution in [0.2, 0.25) is 0 Å². The highest BCUT2D eigenvalue weighted by atomic mass is 32.2. The first-order chi connectivity index (χ1) is 19.5. The van der Waals surface area contributed by atoms with Gasteiger partial charge in [-0.25, -0.2) is 14.2 Å². The standard InChI is InChI=1S/C29H36FN5O6S/c1-16-8-9-31-12-19(16)18-10-17-11-23(32-13-20(17)26(25(18)30)34-28(37)41-29(2,3)4)33-27(36)24-21(14-35(5)6)22(24)15-40-42(7,38)39/h8-13,21-22,24H,14-15H2,1-7H3,(H,34,37)(H,32,33,36). The molecule has 1 aromatic carbocycles. The van der Waals surface area contributed by atoms with Crippen molar-refractivity contribution in [2.75, 3.05) is 44.1 Å². The van der Waals surface area contributed by atoms with Crippen LogP contribution < -0.4 is 10.6 Å². The van der Waals surface area contributed by atoms with Gasteiger partial charge in [0.2, 0.25) is 5.91 Å². The molecule has 2 aromatic heterocycles. The van der Waals surface area contributed by atoms with Crippen molar-refractivity contribution < 1.29 is 31.3 Å². The number of rotatable bonds is 9. The van der Waals surface area contributed by atoms with Gasteiger partial charge in [0, 0.05) is 53.5 Å². The van der Waals surface area contributed by atoms with Crippen LogP contribution in [-0.4, -0.2) is 74.4 Å². The molecule has 3 unspecified atom stereocenters. The molecule has 0 radical (unpaired) electrons. The summed E-state index contributed by atoms with van der Waals surface area (Å²) in [6, 6.07) is 4.95. The van der Waals surface area contributed by atoms with Gasteiger partial charge < -0.3 is 15.0 Å². The topological polar surface area (TPSA) is 140 Å². The summed E-state index contributed by atoms with van der Waals surface area (Å²) in [5.41, 5.74) is 0.591. The number of pyridine rings is 2. The van der Waals surface area contributed by atoms with Gasteiger partial charge in [0.1, 0.15) is 11.4 Å². The quantitative estimate of drug-likeness (QED) is 0.341. The number of benzene rings is 1. The number of anilines is 2. The van der Waals surface area contributed by atoms with E-state index in [0.717, 1.165) is 11.8 Å². The molecular weight excluding hydrogens is 565 g/mol. The van der Waals surface area contributed by atoms with Crippen LogP contribution in [-0.2, 0) is 23.8 Å². The van der Waals surface area contributed by atoms with Crippen molar-refractivity contribution in [3.63, 3.8) is 0 Å². The molecule has 11 nitrogen and oxygen atoms in total. The highest BCUT2D eigenvalue weighted by Crippen LogP contribution is 2.47. The van der Waals surface area contributed by atoms with Crippen molar-refractivity contribution in [2.45, 2.75) is 33.3 Å². The fraction of sp³-hybridized carbons (Fsp3) is 0.448. The van der Waals surface area contributed by atoms with E-state index in [0.29, 0.717) is 22.9 Å². The lowest BCUT2D eigenvalue weighted by Gasteiger charge is -2.21. The molecule has 3 atom stereocenters. The van der Waals surface area contributed by atoms with E-state index in [1.807, 2.05) is 25.9 Å².